The van der Waals surface area contributed by atoms with Crippen molar-refractivity contribution in [2.45, 2.75) is 17.4 Å². The van der Waals surface area contributed by atoms with E-state index in [1.807, 2.05) is 35.1 Å². The van der Waals surface area contributed by atoms with Crippen LogP contribution in [0.4, 0.5) is 0 Å². The van der Waals surface area contributed by atoms with Gasteiger partial charge < -0.3 is 10.2 Å². The van der Waals surface area contributed by atoms with Gasteiger partial charge in [-0.05, 0) is 42.7 Å². The number of rotatable bonds is 7. The predicted octanol–water partition coefficient (Wildman–Crippen LogP) is 1.72. The van der Waals surface area contributed by atoms with E-state index in [0.717, 1.165) is 5.75 Å². The molecular formula is C20H22N6O3S2. The quantitative estimate of drug-likeness (QED) is 0.574. The highest BCUT2D eigenvalue weighted by Gasteiger charge is 2.31. The van der Waals surface area contributed by atoms with Gasteiger partial charge in [0.05, 0.1) is 12.6 Å². The van der Waals surface area contributed by atoms with Crippen LogP contribution >= 0.6 is 11.8 Å². The number of hydrogen-bond acceptors (Lipinski definition) is 7. The lowest BCUT2D eigenvalue weighted by atomic mass is 10.2. The van der Waals surface area contributed by atoms with Crippen LogP contribution in [0.5, 0.6) is 0 Å². The molecule has 3 aromatic rings. The Bertz CT molecular complexity index is 1250. The van der Waals surface area contributed by atoms with Gasteiger partial charge in [-0.25, -0.2) is 0 Å². The van der Waals surface area contributed by atoms with E-state index in [1.165, 1.54) is 6.07 Å². The van der Waals surface area contributed by atoms with E-state index < -0.39 is 10.0 Å². The Morgan fingerprint density at radius 1 is 1.19 bits per heavy atom. The molecular weight excluding hydrogens is 436 g/mol. The topological polar surface area (TPSA) is 109 Å². The van der Waals surface area contributed by atoms with Crippen molar-refractivity contribution in [3.63, 3.8) is 0 Å². The van der Waals surface area contributed by atoms with Crippen molar-refractivity contribution >= 4 is 39.2 Å². The summed E-state index contributed by atoms with van der Waals surface area (Å²) in [5.74, 6) is 1.50. The second-order valence-electron chi connectivity index (χ2n) is 7.13. The number of fused-ring (bicyclic) bond motifs is 2. The van der Waals surface area contributed by atoms with Crippen LogP contribution < -0.4 is 5.32 Å². The van der Waals surface area contributed by atoms with Crippen LogP contribution in [0, 0.1) is 0 Å². The summed E-state index contributed by atoms with van der Waals surface area (Å²) >= 11 is 1.68. The molecule has 0 spiro atoms. The SMILES string of the molecule is CSCCC(NC(=O)CN(C)C1=NS(=O)(=O)c2ccccc21)c1nnc2ccccn12. The van der Waals surface area contributed by atoms with Crippen LogP contribution in [0.25, 0.3) is 5.65 Å². The van der Waals surface area contributed by atoms with Crippen molar-refractivity contribution in [3.8, 4) is 0 Å². The molecule has 0 radical (unpaired) electrons. The largest absolute Gasteiger partial charge is 0.349 e. The molecule has 4 rings (SSSR count). The molecule has 2 aromatic heterocycles. The van der Waals surface area contributed by atoms with E-state index in [2.05, 4.69) is 19.9 Å². The minimum atomic E-state index is -3.74. The number of carbonyl (C=O) groups is 1. The number of benzene rings is 1. The second-order valence-corrected chi connectivity index (χ2v) is 9.69. The van der Waals surface area contributed by atoms with Crippen molar-refractivity contribution in [1.82, 2.24) is 24.8 Å². The zero-order valence-electron chi connectivity index (χ0n) is 17.1. The standard InChI is InChI=1S/C20H22N6O3S2/c1-25(19-14-7-3-4-8-16(14)31(28,29)24-19)13-18(27)21-15(10-12-30-2)20-23-22-17-9-5-6-11-26(17)20/h3-9,11,15H,10,12-13H2,1-2H3,(H,21,27). The maximum absolute atomic E-state index is 12.9. The van der Waals surface area contributed by atoms with Gasteiger partial charge in [-0.15, -0.1) is 14.6 Å². The van der Waals surface area contributed by atoms with Gasteiger partial charge in [0, 0.05) is 18.8 Å². The number of aromatic nitrogens is 3. The Balaban J connectivity index is 1.52. The van der Waals surface area contributed by atoms with E-state index in [9.17, 15) is 13.2 Å². The third kappa shape index (κ3) is 4.28. The molecule has 1 amide bonds. The molecule has 0 fully saturated rings. The second kappa shape index (κ2) is 8.67. The summed E-state index contributed by atoms with van der Waals surface area (Å²) in [6.45, 7) is -0.0464. The Morgan fingerprint density at radius 3 is 2.77 bits per heavy atom. The molecule has 31 heavy (non-hydrogen) atoms. The molecule has 1 atom stereocenters. The third-order valence-electron chi connectivity index (χ3n) is 4.95. The minimum absolute atomic E-state index is 0.0464. The fourth-order valence-electron chi connectivity index (χ4n) is 3.49. The van der Waals surface area contributed by atoms with E-state index in [4.69, 9.17) is 0 Å². The van der Waals surface area contributed by atoms with Gasteiger partial charge in [0.25, 0.3) is 10.0 Å². The number of nitrogens with zero attached hydrogens (tertiary/aromatic N) is 5. The monoisotopic (exact) mass is 458 g/mol. The molecule has 1 unspecified atom stereocenters. The zero-order valence-corrected chi connectivity index (χ0v) is 18.7. The van der Waals surface area contributed by atoms with Crippen LogP contribution in [0.3, 0.4) is 0 Å². The molecule has 1 N–H and O–H groups in total. The molecule has 1 aliphatic heterocycles. The number of likely N-dealkylation sites (N-methyl/N-ethyl adjacent to an activating group) is 1. The van der Waals surface area contributed by atoms with Gasteiger partial charge in [-0.1, -0.05) is 18.2 Å². The average Bonchev–Trinajstić information content (AvgIpc) is 3.30. The highest BCUT2D eigenvalue weighted by Crippen LogP contribution is 2.27. The molecule has 3 heterocycles. The molecule has 0 bridgehead atoms. The van der Waals surface area contributed by atoms with Crippen molar-refractivity contribution in [3.05, 3.63) is 60.0 Å². The number of nitrogens with one attached hydrogen (secondary N) is 1. The van der Waals surface area contributed by atoms with Crippen LogP contribution in [0.15, 0.2) is 58.0 Å². The first kappa shape index (κ1) is 21.3. The van der Waals surface area contributed by atoms with Crippen molar-refractivity contribution in [1.29, 1.82) is 0 Å². The third-order valence-corrected chi connectivity index (χ3v) is 6.92. The lowest BCUT2D eigenvalue weighted by molar-refractivity contribution is -0.122. The van der Waals surface area contributed by atoms with Gasteiger partial charge >= 0.3 is 0 Å². The predicted molar refractivity (Wildman–Crippen MR) is 120 cm³/mol. The molecule has 0 saturated heterocycles. The molecule has 1 aliphatic rings. The first-order valence-electron chi connectivity index (χ1n) is 9.64. The maximum Gasteiger partial charge on any atom is 0.285 e. The van der Waals surface area contributed by atoms with Crippen molar-refractivity contribution in [2.75, 3.05) is 25.6 Å². The van der Waals surface area contributed by atoms with E-state index >= 15 is 0 Å². The fraction of sp³-hybridized carbons (Fsp3) is 0.300. The first-order chi connectivity index (χ1) is 14.9. The molecule has 11 heteroatoms. The number of amides is 1. The summed E-state index contributed by atoms with van der Waals surface area (Å²) in [6.07, 6.45) is 4.55. The Labute approximate surface area is 184 Å². The molecule has 0 saturated carbocycles. The molecule has 1 aromatic carbocycles. The van der Waals surface area contributed by atoms with Crippen LogP contribution in [-0.4, -0.2) is 65.3 Å². The van der Waals surface area contributed by atoms with Crippen LogP contribution in [-0.2, 0) is 14.8 Å². The highest BCUT2D eigenvalue weighted by atomic mass is 32.2. The minimum Gasteiger partial charge on any atom is -0.349 e. The van der Waals surface area contributed by atoms with Crippen molar-refractivity contribution < 1.29 is 13.2 Å². The summed E-state index contributed by atoms with van der Waals surface area (Å²) in [5.41, 5.74) is 1.21. The number of sulfonamides is 1. The Kier molecular flexibility index (Phi) is 5.96. The van der Waals surface area contributed by atoms with Crippen LogP contribution in [0.2, 0.25) is 0 Å². The zero-order chi connectivity index (χ0) is 22.0. The molecule has 162 valence electrons. The lowest BCUT2D eigenvalue weighted by Crippen LogP contribution is -2.40. The number of thioether (sulfide) groups is 1. The summed E-state index contributed by atoms with van der Waals surface area (Å²) in [6, 6.07) is 11.9. The molecule has 9 nitrogen and oxygen atoms in total. The summed E-state index contributed by atoms with van der Waals surface area (Å²) < 4.78 is 30.3. The number of amidine groups is 1. The average molecular weight is 459 g/mol. The summed E-state index contributed by atoms with van der Waals surface area (Å²) in [4.78, 5) is 14.6. The van der Waals surface area contributed by atoms with E-state index in [1.54, 1.807) is 41.9 Å². The van der Waals surface area contributed by atoms with Crippen LogP contribution in [0.1, 0.15) is 23.9 Å². The Morgan fingerprint density at radius 2 is 1.97 bits per heavy atom. The van der Waals surface area contributed by atoms with Gasteiger partial charge in [0.15, 0.2) is 17.3 Å². The highest BCUT2D eigenvalue weighted by molar-refractivity contribution is 7.98. The van der Waals surface area contributed by atoms with E-state index in [-0.39, 0.29) is 29.2 Å². The summed E-state index contributed by atoms with van der Waals surface area (Å²) in [5, 5.41) is 11.5. The number of hydrogen-bond donors (Lipinski definition) is 1. The Hall–Kier alpha value is -2.92. The van der Waals surface area contributed by atoms with E-state index in [0.29, 0.717) is 23.5 Å². The fourth-order valence-corrected chi connectivity index (χ4v) is 5.22. The maximum atomic E-state index is 12.9. The van der Waals surface area contributed by atoms with Gasteiger partial charge in [-0.2, -0.15) is 20.2 Å². The first-order valence-corrected chi connectivity index (χ1v) is 12.5. The summed E-state index contributed by atoms with van der Waals surface area (Å²) in [7, 11) is -2.09. The normalized spacial score (nSPS) is 15.4. The van der Waals surface area contributed by atoms with Crippen molar-refractivity contribution in [2.24, 2.45) is 4.40 Å². The number of carbonyl (C=O) groups excluding carboxylic acids is 1. The molecule has 0 aliphatic carbocycles. The van der Waals surface area contributed by atoms with Gasteiger partial charge in [0.2, 0.25) is 5.91 Å². The smallest absolute Gasteiger partial charge is 0.285 e. The lowest BCUT2D eigenvalue weighted by Gasteiger charge is -2.21. The number of pyridine rings is 1. The van der Waals surface area contributed by atoms with Gasteiger partial charge in [-0.3, -0.25) is 9.20 Å². The van der Waals surface area contributed by atoms with Gasteiger partial charge in [0.1, 0.15) is 4.90 Å².